The van der Waals surface area contributed by atoms with Crippen molar-refractivity contribution in [3.8, 4) is 0 Å². The maximum Gasteiger partial charge on any atom is 0.350 e. The molecule has 0 saturated heterocycles. The second kappa shape index (κ2) is 5.91. The zero-order chi connectivity index (χ0) is 12.9. The monoisotopic (exact) mass is 243 g/mol. The summed E-state index contributed by atoms with van der Waals surface area (Å²) < 4.78 is 15.7. The van der Waals surface area contributed by atoms with E-state index in [4.69, 9.17) is 14.2 Å². The van der Waals surface area contributed by atoms with E-state index in [1.807, 2.05) is 19.0 Å². The number of allylic oxidation sites excluding steroid dienone is 1. The summed E-state index contributed by atoms with van der Waals surface area (Å²) in [5.41, 5.74) is -0.881. The predicted octanol–water partition coefficient (Wildman–Crippen LogP) is 1.15. The molecule has 1 atom stereocenters. The van der Waals surface area contributed by atoms with Crippen molar-refractivity contribution in [2.75, 3.05) is 34.4 Å². The highest BCUT2D eigenvalue weighted by atomic mass is 16.6. The lowest BCUT2D eigenvalue weighted by Gasteiger charge is -2.30. The molecule has 0 aromatic heterocycles. The average Bonchev–Trinajstić information content (AvgIpc) is 2.29. The molecule has 1 aliphatic rings. The smallest absolute Gasteiger partial charge is 0.350 e. The van der Waals surface area contributed by atoms with Crippen LogP contribution in [0.2, 0.25) is 0 Å². The quantitative estimate of drug-likeness (QED) is 0.678. The molecule has 5 nitrogen and oxygen atoms in total. The van der Waals surface area contributed by atoms with E-state index in [0.717, 1.165) is 5.76 Å². The topological polar surface area (TPSA) is 48.0 Å². The predicted molar refractivity (Wildman–Crippen MR) is 63.3 cm³/mol. The van der Waals surface area contributed by atoms with Gasteiger partial charge < -0.3 is 19.1 Å². The molecule has 1 unspecified atom stereocenters. The minimum atomic E-state index is -0.881. The molecule has 98 valence electrons. The lowest BCUT2D eigenvalue weighted by Crippen LogP contribution is -2.41. The van der Waals surface area contributed by atoms with E-state index in [9.17, 15) is 4.79 Å². The molecule has 0 bridgehead atoms. The molecule has 17 heavy (non-hydrogen) atoms. The number of nitrogens with zero attached hydrogens (tertiary/aromatic N) is 1. The Morgan fingerprint density at radius 3 is 2.76 bits per heavy atom. The average molecular weight is 243 g/mol. The molecule has 1 rings (SSSR count). The first-order valence-electron chi connectivity index (χ1n) is 5.71. The number of rotatable bonds is 5. The van der Waals surface area contributed by atoms with Crippen LogP contribution in [-0.2, 0) is 19.0 Å². The van der Waals surface area contributed by atoms with Crippen molar-refractivity contribution in [1.29, 1.82) is 0 Å². The van der Waals surface area contributed by atoms with E-state index in [1.165, 1.54) is 6.26 Å². The van der Waals surface area contributed by atoms with Gasteiger partial charge >= 0.3 is 5.97 Å². The van der Waals surface area contributed by atoms with Crippen LogP contribution in [0.25, 0.3) is 0 Å². The highest BCUT2D eigenvalue weighted by molar-refractivity contribution is 5.79. The normalized spacial score (nSPS) is 23.9. The fourth-order valence-electron chi connectivity index (χ4n) is 1.45. The third-order valence-electron chi connectivity index (χ3n) is 2.76. The Balaban J connectivity index is 2.43. The van der Waals surface area contributed by atoms with Crippen LogP contribution in [0.5, 0.6) is 0 Å². The Morgan fingerprint density at radius 1 is 1.59 bits per heavy atom. The Morgan fingerprint density at radius 2 is 2.29 bits per heavy atom. The largest absolute Gasteiger partial charge is 0.498 e. The summed E-state index contributed by atoms with van der Waals surface area (Å²) in [4.78, 5) is 13.8. The van der Waals surface area contributed by atoms with Crippen molar-refractivity contribution in [1.82, 2.24) is 4.90 Å². The van der Waals surface area contributed by atoms with Gasteiger partial charge in [0.1, 0.15) is 18.6 Å². The second-order valence-corrected chi connectivity index (χ2v) is 4.58. The molecular formula is C12H21NO4. The van der Waals surface area contributed by atoms with Gasteiger partial charge in [0.15, 0.2) is 0 Å². The molecule has 0 aromatic carbocycles. The summed E-state index contributed by atoms with van der Waals surface area (Å²) in [6.07, 6.45) is 2.76. The van der Waals surface area contributed by atoms with Crippen molar-refractivity contribution in [2.45, 2.75) is 25.4 Å². The molecule has 1 aliphatic heterocycles. The first-order valence-corrected chi connectivity index (χ1v) is 5.71. The number of hydrogen-bond donors (Lipinski definition) is 0. The molecule has 0 amide bonds. The first-order chi connectivity index (χ1) is 7.98. The highest BCUT2D eigenvalue weighted by Crippen LogP contribution is 2.28. The molecule has 0 fully saturated rings. The van der Waals surface area contributed by atoms with Gasteiger partial charge in [-0.15, -0.1) is 0 Å². The zero-order valence-corrected chi connectivity index (χ0v) is 11.0. The minimum absolute atomic E-state index is 0.314. The number of carbonyl (C=O) groups excluding carboxylic acids is 1. The number of carbonyl (C=O) groups is 1. The fourth-order valence-corrected chi connectivity index (χ4v) is 1.45. The third kappa shape index (κ3) is 3.93. The number of ether oxygens (including phenoxy) is 3. The highest BCUT2D eigenvalue weighted by Gasteiger charge is 2.38. The summed E-state index contributed by atoms with van der Waals surface area (Å²) >= 11 is 0. The zero-order valence-electron chi connectivity index (χ0n) is 11.0. The van der Waals surface area contributed by atoms with E-state index in [2.05, 4.69) is 0 Å². The second-order valence-electron chi connectivity index (χ2n) is 4.58. The summed E-state index contributed by atoms with van der Waals surface area (Å²) in [5.74, 6) is 0.439. The van der Waals surface area contributed by atoms with Gasteiger partial charge in [-0.05, 0) is 21.0 Å². The van der Waals surface area contributed by atoms with E-state index >= 15 is 0 Å². The van der Waals surface area contributed by atoms with Gasteiger partial charge in [-0.2, -0.15) is 0 Å². The van der Waals surface area contributed by atoms with Crippen LogP contribution in [-0.4, -0.2) is 50.8 Å². The Kier molecular flexibility index (Phi) is 4.81. The number of esters is 1. The molecular weight excluding hydrogens is 222 g/mol. The van der Waals surface area contributed by atoms with E-state index in [-0.39, 0.29) is 5.97 Å². The molecule has 0 aromatic rings. The summed E-state index contributed by atoms with van der Waals surface area (Å²) in [6, 6.07) is 0. The van der Waals surface area contributed by atoms with Crippen molar-refractivity contribution >= 4 is 5.97 Å². The van der Waals surface area contributed by atoms with Gasteiger partial charge in [0.2, 0.25) is 5.60 Å². The first kappa shape index (κ1) is 13.8. The lowest BCUT2D eigenvalue weighted by atomic mass is 9.97. The van der Waals surface area contributed by atoms with Crippen LogP contribution in [0.1, 0.15) is 19.8 Å². The number of methoxy groups -OCH3 is 1. The standard InChI is InChI=1S/C12H21NO4/c1-12(6-5-10(15-4)9-17-12)11(14)16-8-7-13(2)3/h9H,5-8H2,1-4H3. The van der Waals surface area contributed by atoms with Crippen LogP contribution in [0, 0.1) is 0 Å². The van der Waals surface area contributed by atoms with Gasteiger partial charge in [-0.1, -0.05) is 0 Å². The van der Waals surface area contributed by atoms with Crippen molar-refractivity contribution < 1.29 is 19.0 Å². The maximum absolute atomic E-state index is 11.9. The van der Waals surface area contributed by atoms with E-state index in [1.54, 1.807) is 14.0 Å². The summed E-state index contributed by atoms with van der Waals surface area (Å²) in [7, 11) is 5.45. The number of hydrogen-bond acceptors (Lipinski definition) is 5. The molecule has 0 saturated carbocycles. The van der Waals surface area contributed by atoms with Crippen LogP contribution in [0.3, 0.4) is 0 Å². The summed E-state index contributed by atoms with van der Waals surface area (Å²) in [5, 5.41) is 0. The molecule has 1 heterocycles. The molecule has 0 aliphatic carbocycles. The minimum Gasteiger partial charge on any atom is -0.498 e. The fraction of sp³-hybridized carbons (Fsp3) is 0.750. The molecule has 5 heteroatoms. The Labute approximate surface area is 102 Å². The van der Waals surface area contributed by atoms with E-state index < -0.39 is 5.60 Å². The Bertz CT molecular complexity index is 301. The lowest BCUT2D eigenvalue weighted by molar-refractivity contribution is -0.167. The van der Waals surface area contributed by atoms with E-state index in [0.29, 0.717) is 26.0 Å². The van der Waals surface area contributed by atoms with Crippen LogP contribution >= 0.6 is 0 Å². The van der Waals surface area contributed by atoms with Crippen molar-refractivity contribution in [2.24, 2.45) is 0 Å². The SMILES string of the molecule is COC1=COC(C)(C(=O)OCCN(C)C)CC1. The van der Waals surface area contributed by atoms with Crippen LogP contribution < -0.4 is 0 Å². The van der Waals surface area contributed by atoms with Crippen LogP contribution in [0.4, 0.5) is 0 Å². The maximum atomic E-state index is 11.9. The van der Waals surface area contributed by atoms with Gasteiger partial charge in [0, 0.05) is 19.4 Å². The van der Waals surface area contributed by atoms with Gasteiger partial charge in [-0.3, -0.25) is 0 Å². The van der Waals surface area contributed by atoms with Crippen LogP contribution in [0.15, 0.2) is 12.0 Å². The van der Waals surface area contributed by atoms with Gasteiger partial charge in [0.25, 0.3) is 0 Å². The van der Waals surface area contributed by atoms with Crippen molar-refractivity contribution in [3.63, 3.8) is 0 Å². The molecule has 0 N–H and O–H groups in total. The number of likely N-dealkylation sites (N-methyl/N-ethyl adjacent to an activating group) is 1. The Hall–Kier alpha value is -1.23. The van der Waals surface area contributed by atoms with Crippen molar-refractivity contribution in [3.05, 3.63) is 12.0 Å². The third-order valence-corrected chi connectivity index (χ3v) is 2.76. The molecule has 0 spiro atoms. The molecule has 0 radical (unpaired) electrons. The van der Waals surface area contributed by atoms with Gasteiger partial charge in [0.05, 0.1) is 7.11 Å². The summed E-state index contributed by atoms with van der Waals surface area (Å²) in [6.45, 7) is 2.83. The van der Waals surface area contributed by atoms with Gasteiger partial charge in [-0.25, -0.2) is 4.79 Å².